The van der Waals surface area contributed by atoms with Gasteiger partial charge in [-0.2, -0.15) is 0 Å². The molecule has 0 amide bonds. The van der Waals surface area contributed by atoms with Gasteiger partial charge in [0.05, 0.1) is 5.52 Å². The molecular weight excluding hydrogens is 210 g/mol. The highest BCUT2D eigenvalue weighted by molar-refractivity contribution is 6.31. The summed E-state index contributed by atoms with van der Waals surface area (Å²) in [5, 5.41) is 10.2. The van der Waals surface area contributed by atoms with E-state index in [0.717, 1.165) is 16.5 Å². The lowest BCUT2D eigenvalue weighted by atomic mass is 10.1. The summed E-state index contributed by atoms with van der Waals surface area (Å²) < 4.78 is 0. The molecule has 1 heterocycles. The Kier molecular flexibility index (Phi) is 2.86. The van der Waals surface area contributed by atoms with Gasteiger partial charge in [-0.05, 0) is 18.2 Å². The largest absolute Gasteiger partial charge is 0.384 e. The van der Waals surface area contributed by atoms with E-state index in [-0.39, 0.29) is 6.61 Å². The van der Waals surface area contributed by atoms with Gasteiger partial charge in [0.1, 0.15) is 6.61 Å². The number of pyridine rings is 1. The third kappa shape index (κ3) is 2.10. The van der Waals surface area contributed by atoms with Crippen molar-refractivity contribution in [2.45, 2.75) is 0 Å². The molecule has 1 N–H and O–H groups in total. The summed E-state index contributed by atoms with van der Waals surface area (Å²) in [6.45, 7) is -0.141. The van der Waals surface area contributed by atoms with E-state index in [0.29, 0.717) is 5.02 Å². The van der Waals surface area contributed by atoms with Crippen molar-refractivity contribution in [2.24, 2.45) is 0 Å². The Labute approximate surface area is 92.5 Å². The van der Waals surface area contributed by atoms with Crippen LogP contribution in [0.1, 0.15) is 5.56 Å². The van der Waals surface area contributed by atoms with Crippen LogP contribution in [0.3, 0.4) is 0 Å². The van der Waals surface area contributed by atoms with Crippen molar-refractivity contribution in [1.82, 2.24) is 4.98 Å². The lowest BCUT2D eigenvalue weighted by Gasteiger charge is -1.99. The number of fused-ring (bicyclic) bond motifs is 1. The summed E-state index contributed by atoms with van der Waals surface area (Å²) in [5.41, 5.74) is 1.66. The van der Waals surface area contributed by atoms with Gasteiger partial charge in [-0.15, -0.1) is 0 Å². The number of aliphatic hydroxyl groups excluding tert-OH is 1. The van der Waals surface area contributed by atoms with E-state index in [2.05, 4.69) is 16.8 Å². The molecule has 74 valence electrons. The number of nitrogens with zero attached hydrogens (tertiary/aromatic N) is 1. The Morgan fingerprint density at radius 2 is 2.20 bits per heavy atom. The lowest BCUT2D eigenvalue weighted by Crippen LogP contribution is -1.84. The summed E-state index contributed by atoms with van der Waals surface area (Å²) in [5.74, 6) is 5.49. The molecular formula is C12H8ClNO. The highest BCUT2D eigenvalue weighted by Gasteiger charge is 1.99. The van der Waals surface area contributed by atoms with Gasteiger partial charge in [-0.25, -0.2) is 0 Å². The predicted molar refractivity (Wildman–Crippen MR) is 60.7 cm³/mol. The van der Waals surface area contributed by atoms with Gasteiger partial charge < -0.3 is 5.11 Å². The molecule has 0 saturated heterocycles. The standard InChI is InChI=1S/C12H8ClNO/c13-10-3-4-11-9(2-1-7-15)5-6-14-12(11)8-10/h3-6,8,15H,7H2. The smallest absolute Gasteiger partial charge is 0.104 e. The molecule has 0 spiro atoms. The van der Waals surface area contributed by atoms with Gasteiger partial charge >= 0.3 is 0 Å². The number of aliphatic hydroxyl groups is 1. The first-order chi connectivity index (χ1) is 7.31. The van der Waals surface area contributed by atoms with E-state index in [1.54, 1.807) is 18.3 Å². The maximum atomic E-state index is 8.63. The number of rotatable bonds is 0. The second-order valence-electron chi connectivity index (χ2n) is 2.98. The molecule has 3 heteroatoms. The second-order valence-corrected chi connectivity index (χ2v) is 3.42. The first-order valence-corrected chi connectivity index (χ1v) is 4.83. The minimum absolute atomic E-state index is 0.141. The molecule has 0 atom stereocenters. The zero-order chi connectivity index (χ0) is 10.7. The fourth-order valence-corrected chi connectivity index (χ4v) is 1.53. The molecule has 0 bridgehead atoms. The van der Waals surface area contributed by atoms with E-state index in [9.17, 15) is 0 Å². The maximum absolute atomic E-state index is 8.63. The zero-order valence-electron chi connectivity index (χ0n) is 7.87. The van der Waals surface area contributed by atoms with Crippen LogP contribution < -0.4 is 0 Å². The quantitative estimate of drug-likeness (QED) is 0.687. The highest BCUT2D eigenvalue weighted by Crippen LogP contribution is 2.19. The van der Waals surface area contributed by atoms with Crippen LogP contribution in [0.5, 0.6) is 0 Å². The molecule has 2 aromatic rings. The minimum atomic E-state index is -0.141. The molecule has 2 rings (SSSR count). The average molecular weight is 218 g/mol. The highest BCUT2D eigenvalue weighted by atomic mass is 35.5. The molecule has 0 unspecified atom stereocenters. The fraction of sp³-hybridized carbons (Fsp3) is 0.0833. The first kappa shape index (κ1) is 9.97. The lowest BCUT2D eigenvalue weighted by molar-refractivity contribution is 0.350. The van der Waals surface area contributed by atoms with Crippen LogP contribution in [-0.4, -0.2) is 16.7 Å². The van der Waals surface area contributed by atoms with Crippen molar-refractivity contribution < 1.29 is 5.11 Å². The Morgan fingerprint density at radius 3 is 3.00 bits per heavy atom. The summed E-state index contributed by atoms with van der Waals surface area (Å²) in [6, 6.07) is 7.29. The van der Waals surface area contributed by atoms with E-state index in [1.165, 1.54) is 0 Å². The number of hydrogen-bond donors (Lipinski definition) is 1. The van der Waals surface area contributed by atoms with Crippen molar-refractivity contribution in [1.29, 1.82) is 0 Å². The van der Waals surface area contributed by atoms with Gasteiger partial charge in [0, 0.05) is 22.2 Å². The Balaban J connectivity index is 2.66. The SMILES string of the molecule is OCC#Cc1ccnc2cc(Cl)ccc12. The van der Waals surface area contributed by atoms with E-state index in [1.807, 2.05) is 12.1 Å². The molecule has 1 aromatic carbocycles. The van der Waals surface area contributed by atoms with Crippen molar-refractivity contribution in [3.63, 3.8) is 0 Å². The van der Waals surface area contributed by atoms with Crippen LogP contribution in [0.2, 0.25) is 5.02 Å². The minimum Gasteiger partial charge on any atom is -0.384 e. The van der Waals surface area contributed by atoms with Crippen LogP contribution in [0.25, 0.3) is 10.9 Å². The molecule has 0 aliphatic heterocycles. The van der Waals surface area contributed by atoms with Gasteiger partial charge in [-0.3, -0.25) is 4.98 Å². The summed E-state index contributed by atoms with van der Waals surface area (Å²) in [7, 11) is 0. The van der Waals surface area contributed by atoms with Gasteiger partial charge in [-0.1, -0.05) is 29.5 Å². The molecule has 0 radical (unpaired) electrons. The van der Waals surface area contributed by atoms with E-state index < -0.39 is 0 Å². The average Bonchev–Trinajstić information content (AvgIpc) is 2.25. The molecule has 0 fully saturated rings. The van der Waals surface area contributed by atoms with Crippen molar-refractivity contribution in [3.8, 4) is 11.8 Å². The van der Waals surface area contributed by atoms with Crippen LogP contribution in [-0.2, 0) is 0 Å². The van der Waals surface area contributed by atoms with Gasteiger partial charge in [0.2, 0.25) is 0 Å². The zero-order valence-corrected chi connectivity index (χ0v) is 8.62. The summed E-state index contributed by atoms with van der Waals surface area (Å²) in [4.78, 5) is 4.20. The number of benzene rings is 1. The second kappa shape index (κ2) is 4.31. The topological polar surface area (TPSA) is 33.1 Å². The molecule has 0 aliphatic carbocycles. The third-order valence-corrected chi connectivity index (χ3v) is 2.24. The fourth-order valence-electron chi connectivity index (χ4n) is 1.37. The third-order valence-electron chi connectivity index (χ3n) is 2.01. The Hall–Kier alpha value is -1.56. The van der Waals surface area contributed by atoms with Crippen molar-refractivity contribution in [2.75, 3.05) is 6.61 Å². The molecule has 2 nitrogen and oxygen atoms in total. The van der Waals surface area contributed by atoms with Crippen LogP contribution >= 0.6 is 11.6 Å². The van der Waals surface area contributed by atoms with Crippen LogP contribution in [0.15, 0.2) is 30.5 Å². The van der Waals surface area contributed by atoms with E-state index in [4.69, 9.17) is 16.7 Å². The Bertz CT molecular complexity index is 554. The first-order valence-electron chi connectivity index (χ1n) is 4.45. The number of aromatic nitrogens is 1. The molecule has 1 aromatic heterocycles. The predicted octanol–water partition coefficient (Wildman–Crippen LogP) is 2.23. The number of halogens is 1. The summed E-state index contributed by atoms with van der Waals surface area (Å²) in [6.07, 6.45) is 1.68. The number of hydrogen-bond acceptors (Lipinski definition) is 2. The van der Waals surface area contributed by atoms with Gasteiger partial charge in [0.15, 0.2) is 0 Å². The molecule has 0 saturated carbocycles. The Morgan fingerprint density at radius 1 is 1.33 bits per heavy atom. The van der Waals surface area contributed by atoms with Crippen molar-refractivity contribution in [3.05, 3.63) is 41.0 Å². The van der Waals surface area contributed by atoms with Crippen LogP contribution in [0.4, 0.5) is 0 Å². The normalized spacial score (nSPS) is 9.73. The molecule has 0 aliphatic rings. The molecule has 15 heavy (non-hydrogen) atoms. The van der Waals surface area contributed by atoms with Gasteiger partial charge in [0.25, 0.3) is 0 Å². The van der Waals surface area contributed by atoms with E-state index >= 15 is 0 Å². The summed E-state index contributed by atoms with van der Waals surface area (Å²) >= 11 is 5.86. The monoisotopic (exact) mass is 217 g/mol. The van der Waals surface area contributed by atoms with Crippen molar-refractivity contribution >= 4 is 22.5 Å². The maximum Gasteiger partial charge on any atom is 0.104 e. The van der Waals surface area contributed by atoms with Crippen LogP contribution in [0, 0.1) is 11.8 Å².